The number of rotatable bonds is 9. The Bertz CT molecular complexity index is 727. The van der Waals surface area contributed by atoms with Gasteiger partial charge in [-0.1, -0.05) is 30.3 Å². The number of hydrogen-bond donors (Lipinski definition) is 4. The molecule has 1 heterocycles. The summed E-state index contributed by atoms with van der Waals surface area (Å²) in [4.78, 5) is 29.3. The van der Waals surface area contributed by atoms with Gasteiger partial charge in [0, 0.05) is 12.1 Å². The Morgan fingerprint density at radius 2 is 1.74 bits per heavy atom. The zero-order chi connectivity index (χ0) is 19.6. The van der Waals surface area contributed by atoms with Crippen molar-refractivity contribution in [3.8, 4) is 11.8 Å². The number of ether oxygens (including phenoxy) is 1. The Morgan fingerprint density at radius 3 is 2.37 bits per heavy atom. The number of alkyl carbamates (subject to hydrolysis) is 1. The van der Waals surface area contributed by atoms with Crippen molar-refractivity contribution in [2.24, 2.45) is 5.73 Å². The highest BCUT2D eigenvalue weighted by Crippen LogP contribution is 2.19. The lowest BCUT2D eigenvalue weighted by molar-refractivity contribution is -0.148. The maximum Gasteiger partial charge on any atom is 0.408 e. The fourth-order valence-corrected chi connectivity index (χ4v) is 2.30. The molecule has 1 aromatic carbocycles. The van der Waals surface area contributed by atoms with Crippen molar-refractivity contribution in [1.82, 2.24) is 10.0 Å². The maximum absolute atomic E-state index is 12.4. The molecule has 1 aromatic heterocycles. The first kappa shape index (κ1) is 20.1. The molecule has 0 aliphatic rings. The highest BCUT2D eigenvalue weighted by atomic mass is 16.7. The third-order valence-corrected chi connectivity index (χ3v) is 3.72. The van der Waals surface area contributed by atoms with Crippen LogP contribution in [0.25, 0.3) is 0 Å². The van der Waals surface area contributed by atoms with Crippen molar-refractivity contribution in [3.05, 3.63) is 48.0 Å². The number of aromatic nitrogens is 1. The van der Waals surface area contributed by atoms with Crippen molar-refractivity contribution in [1.29, 1.82) is 0 Å². The Morgan fingerprint density at radius 1 is 1.07 bits per heavy atom. The number of hydrogen-bond acceptors (Lipinski definition) is 7. The smallest absolute Gasteiger partial charge is 0.408 e. The molecular formula is C18H23N3O6. The zero-order valence-corrected chi connectivity index (χ0v) is 14.7. The fourth-order valence-electron chi connectivity index (χ4n) is 2.30. The molecule has 146 valence electrons. The number of carbonyl (C=O) groups is 2. The van der Waals surface area contributed by atoms with Gasteiger partial charge in [-0.25, -0.2) is 9.59 Å². The molecule has 27 heavy (non-hydrogen) atoms. The number of amides is 1. The van der Waals surface area contributed by atoms with Crippen molar-refractivity contribution in [2.75, 3.05) is 6.54 Å². The second kappa shape index (κ2) is 10.1. The quantitative estimate of drug-likeness (QED) is 0.483. The summed E-state index contributed by atoms with van der Waals surface area (Å²) in [7, 11) is 0. The van der Waals surface area contributed by atoms with Gasteiger partial charge < -0.3 is 30.8 Å². The molecule has 0 saturated heterocycles. The van der Waals surface area contributed by atoms with Gasteiger partial charge in [-0.2, -0.15) is 0 Å². The van der Waals surface area contributed by atoms with Gasteiger partial charge in [0.25, 0.3) is 0 Å². The SMILES string of the molecule is NCCCC[C@H](NC(=O)OCc1ccccc1)C(=O)On1c(O)ccc1O. The highest BCUT2D eigenvalue weighted by molar-refractivity contribution is 5.81. The number of aromatic hydroxyl groups is 2. The fraction of sp³-hybridized carbons (Fsp3) is 0.333. The normalized spacial score (nSPS) is 11.6. The first-order valence-corrected chi connectivity index (χ1v) is 8.50. The van der Waals surface area contributed by atoms with Gasteiger partial charge in [0.15, 0.2) is 0 Å². The van der Waals surface area contributed by atoms with Gasteiger partial charge in [-0.3, -0.25) is 0 Å². The Kier molecular flexibility index (Phi) is 7.50. The first-order chi connectivity index (χ1) is 13.0. The summed E-state index contributed by atoms with van der Waals surface area (Å²) in [6.07, 6.45) is 0.706. The molecule has 0 aliphatic carbocycles. The Balaban J connectivity index is 1.95. The Labute approximate surface area is 156 Å². The molecule has 0 fully saturated rings. The van der Waals surface area contributed by atoms with Gasteiger partial charge in [0.05, 0.1) is 0 Å². The monoisotopic (exact) mass is 377 g/mol. The summed E-state index contributed by atoms with van der Waals surface area (Å²) in [5.41, 5.74) is 6.26. The van der Waals surface area contributed by atoms with Gasteiger partial charge in [-0.05, 0) is 31.4 Å². The number of unbranched alkanes of at least 4 members (excludes halogenated alkanes) is 1. The van der Waals surface area contributed by atoms with Crippen LogP contribution in [0.4, 0.5) is 4.79 Å². The van der Waals surface area contributed by atoms with E-state index in [4.69, 9.17) is 15.3 Å². The minimum Gasteiger partial charge on any atom is -0.492 e. The van der Waals surface area contributed by atoms with E-state index in [1.807, 2.05) is 18.2 Å². The number of nitrogens with two attached hydrogens (primary N) is 1. The van der Waals surface area contributed by atoms with E-state index >= 15 is 0 Å². The summed E-state index contributed by atoms with van der Waals surface area (Å²) in [6, 6.07) is 10.4. The molecule has 0 unspecified atom stereocenters. The van der Waals surface area contributed by atoms with Crippen LogP contribution in [-0.2, 0) is 16.1 Å². The summed E-state index contributed by atoms with van der Waals surface area (Å²) < 4.78 is 5.67. The van der Waals surface area contributed by atoms with Gasteiger partial charge >= 0.3 is 12.1 Å². The molecule has 1 amide bonds. The minimum atomic E-state index is -1.03. The summed E-state index contributed by atoms with van der Waals surface area (Å²) in [5.74, 6) is -1.76. The van der Waals surface area contributed by atoms with Gasteiger partial charge in [0.1, 0.15) is 12.6 Å². The third kappa shape index (κ3) is 6.23. The topological polar surface area (TPSA) is 136 Å². The molecule has 2 rings (SSSR count). The Hall–Kier alpha value is -3.20. The van der Waals surface area contributed by atoms with Crippen LogP contribution in [0.15, 0.2) is 42.5 Å². The summed E-state index contributed by atoms with van der Waals surface area (Å²) >= 11 is 0. The summed E-state index contributed by atoms with van der Waals surface area (Å²) in [6.45, 7) is 0.496. The zero-order valence-electron chi connectivity index (χ0n) is 14.7. The molecule has 0 spiro atoms. The number of nitrogens with zero attached hydrogens (tertiary/aromatic N) is 1. The second-order valence-electron chi connectivity index (χ2n) is 5.80. The van der Waals surface area contributed by atoms with Crippen LogP contribution in [-0.4, -0.2) is 39.6 Å². The highest BCUT2D eigenvalue weighted by Gasteiger charge is 2.25. The molecule has 1 atom stereocenters. The lowest BCUT2D eigenvalue weighted by atomic mass is 10.1. The molecular weight excluding hydrogens is 354 g/mol. The van der Waals surface area contributed by atoms with E-state index < -0.39 is 29.9 Å². The lowest BCUT2D eigenvalue weighted by Gasteiger charge is -2.17. The average molecular weight is 377 g/mol. The molecule has 0 radical (unpaired) electrons. The van der Waals surface area contributed by atoms with Crippen LogP contribution in [0.5, 0.6) is 11.8 Å². The van der Waals surface area contributed by atoms with E-state index in [0.29, 0.717) is 24.1 Å². The average Bonchev–Trinajstić information content (AvgIpc) is 2.98. The van der Waals surface area contributed by atoms with Gasteiger partial charge in [-0.15, -0.1) is 4.73 Å². The molecule has 9 heteroatoms. The van der Waals surface area contributed by atoms with Crippen molar-refractivity contribution in [2.45, 2.75) is 31.9 Å². The standard InChI is InChI=1S/C18H23N3O6/c19-11-5-4-8-14(17(24)27-21-15(22)9-10-16(21)23)20-18(25)26-12-13-6-2-1-3-7-13/h1-3,6-7,9-10,14,22-23H,4-5,8,11-12,19H2,(H,20,25)/t14-/m0/s1. The number of benzene rings is 1. The molecule has 9 nitrogen and oxygen atoms in total. The van der Waals surface area contributed by atoms with Gasteiger partial charge in [0.2, 0.25) is 11.8 Å². The van der Waals surface area contributed by atoms with E-state index in [-0.39, 0.29) is 13.0 Å². The van der Waals surface area contributed by atoms with E-state index in [2.05, 4.69) is 5.32 Å². The van der Waals surface area contributed by atoms with Crippen molar-refractivity contribution >= 4 is 12.1 Å². The predicted octanol–water partition coefficient (Wildman–Crippen LogP) is 1.28. The predicted molar refractivity (Wildman–Crippen MR) is 95.8 cm³/mol. The van der Waals surface area contributed by atoms with Crippen LogP contribution in [0.3, 0.4) is 0 Å². The molecule has 2 aromatic rings. The van der Waals surface area contributed by atoms with Crippen LogP contribution in [0, 0.1) is 0 Å². The molecule has 5 N–H and O–H groups in total. The van der Waals surface area contributed by atoms with E-state index in [1.54, 1.807) is 12.1 Å². The first-order valence-electron chi connectivity index (χ1n) is 8.50. The molecule has 0 saturated carbocycles. The van der Waals surface area contributed by atoms with E-state index in [9.17, 15) is 19.8 Å². The third-order valence-electron chi connectivity index (χ3n) is 3.72. The van der Waals surface area contributed by atoms with E-state index in [1.165, 1.54) is 0 Å². The van der Waals surface area contributed by atoms with Crippen LogP contribution in [0.2, 0.25) is 0 Å². The largest absolute Gasteiger partial charge is 0.492 e. The molecule has 0 aliphatic heterocycles. The maximum atomic E-state index is 12.4. The molecule has 0 bridgehead atoms. The number of carbonyl (C=O) groups excluding carboxylic acids is 2. The van der Waals surface area contributed by atoms with Crippen LogP contribution >= 0.6 is 0 Å². The van der Waals surface area contributed by atoms with Crippen LogP contribution < -0.4 is 15.9 Å². The van der Waals surface area contributed by atoms with E-state index in [0.717, 1.165) is 17.7 Å². The van der Waals surface area contributed by atoms with Crippen LogP contribution in [0.1, 0.15) is 24.8 Å². The lowest BCUT2D eigenvalue weighted by Crippen LogP contribution is -2.45. The second-order valence-corrected chi connectivity index (χ2v) is 5.80. The minimum absolute atomic E-state index is 0.0520. The number of nitrogens with one attached hydrogen (secondary N) is 1. The summed E-state index contributed by atoms with van der Waals surface area (Å²) in [5, 5.41) is 21.6. The van der Waals surface area contributed by atoms with Crippen molar-refractivity contribution in [3.63, 3.8) is 0 Å². The van der Waals surface area contributed by atoms with Crippen molar-refractivity contribution < 1.29 is 29.4 Å².